The number of ether oxygens (including phenoxy) is 1. The van der Waals surface area contributed by atoms with E-state index in [2.05, 4.69) is 15.6 Å². The number of amides is 3. The summed E-state index contributed by atoms with van der Waals surface area (Å²) in [4.78, 5) is 56.9. The van der Waals surface area contributed by atoms with Crippen LogP contribution >= 0.6 is 0 Å². The van der Waals surface area contributed by atoms with Gasteiger partial charge in [0.25, 0.3) is 5.91 Å². The number of H-pyrrole nitrogens is 1. The van der Waals surface area contributed by atoms with Gasteiger partial charge in [-0.3, -0.25) is 19.2 Å². The van der Waals surface area contributed by atoms with Crippen LogP contribution in [0.25, 0.3) is 10.9 Å². The van der Waals surface area contributed by atoms with Crippen LogP contribution in [0.1, 0.15) is 46.9 Å². The molecular formula is C28H30N4O6. The molecule has 0 radical (unpaired) electrons. The van der Waals surface area contributed by atoms with Gasteiger partial charge in [-0.05, 0) is 48.6 Å². The third-order valence-corrected chi connectivity index (χ3v) is 7.37. The van der Waals surface area contributed by atoms with Crippen LogP contribution in [0, 0.1) is 5.92 Å². The van der Waals surface area contributed by atoms with Gasteiger partial charge < -0.3 is 30.4 Å². The third kappa shape index (κ3) is 4.74. The van der Waals surface area contributed by atoms with Gasteiger partial charge in [-0.1, -0.05) is 30.3 Å². The number of Topliss-reactive ketones (excluding diaryl/α,β-unsaturated/α-hetero) is 1. The van der Waals surface area contributed by atoms with Crippen LogP contribution in [0.15, 0.2) is 48.5 Å². The fraction of sp³-hybridized carbons (Fsp3) is 0.357. The van der Waals surface area contributed by atoms with E-state index >= 15 is 0 Å². The smallest absolute Gasteiger partial charge is 0.271 e. The minimum Gasteiger partial charge on any atom is -0.496 e. The molecule has 0 saturated carbocycles. The Balaban J connectivity index is 1.43. The second kappa shape index (κ2) is 10.7. The molecule has 5 rings (SSSR count). The number of benzene rings is 2. The van der Waals surface area contributed by atoms with E-state index in [-0.39, 0.29) is 24.8 Å². The quantitative estimate of drug-likeness (QED) is 0.359. The van der Waals surface area contributed by atoms with Crippen LogP contribution in [0.2, 0.25) is 0 Å². The van der Waals surface area contributed by atoms with Crippen LogP contribution in [0.5, 0.6) is 5.75 Å². The number of methoxy groups -OCH3 is 1. The van der Waals surface area contributed by atoms with Gasteiger partial charge in [0, 0.05) is 29.9 Å². The van der Waals surface area contributed by atoms with Gasteiger partial charge >= 0.3 is 0 Å². The number of carbonyl (C=O) groups is 4. The first-order valence-corrected chi connectivity index (χ1v) is 12.7. The van der Waals surface area contributed by atoms with Crippen molar-refractivity contribution in [2.75, 3.05) is 20.3 Å². The number of rotatable bonds is 8. The molecule has 4 N–H and O–H groups in total. The molecule has 3 atom stereocenters. The van der Waals surface area contributed by atoms with Crippen molar-refractivity contribution >= 4 is 34.4 Å². The zero-order valence-electron chi connectivity index (χ0n) is 21.0. The Hall–Kier alpha value is -4.18. The van der Waals surface area contributed by atoms with Crippen molar-refractivity contribution in [1.29, 1.82) is 0 Å². The molecule has 1 fully saturated rings. The number of nitrogens with zero attached hydrogens (tertiary/aromatic N) is 1. The summed E-state index contributed by atoms with van der Waals surface area (Å²) in [6.07, 6.45) is 1.46. The summed E-state index contributed by atoms with van der Waals surface area (Å²) in [5.74, 6) is -1.49. The summed E-state index contributed by atoms with van der Waals surface area (Å²) >= 11 is 0. The molecule has 2 aliphatic heterocycles. The number of hydrogen-bond acceptors (Lipinski definition) is 6. The molecule has 1 saturated heterocycles. The van der Waals surface area contributed by atoms with Gasteiger partial charge in [0.15, 0.2) is 5.78 Å². The summed E-state index contributed by atoms with van der Waals surface area (Å²) in [6.45, 7) is 0.0270. The molecule has 0 aliphatic carbocycles. The number of fused-ring (bicyclic) bond motifs is 2. The predicted molar refractivity (Wildman–Crippen MR) is 138 cm³/mol. The maximum atomic E-state index is 13.7. The van der Waals surface area contributed by atoms with Gasteiger partial charge in [-0.2, -0.15) is 0 Å². The normalized spacial score (nSPS) is 19.5. The highest BCUT2D eigenvalue weighted by Gasteiger charge is 2.41. The topological polar surface area (TPSA) is 141 Å². The van der Waals surface area contributed by atoms with Crippen molar-refractivity contribution in [1.82, 2.24) is 20.5 Å². The highest BCUT2D eigenvalue weighted by Crippen LogP contribution is 2.36. The number of hydrogen-bond donors (Lipinski definition) is 4. The van der Waals surface area contributed by atoms with E-state index in [1.165, 1.54) is 4.90 Å². The van der Waals surface area contributed by atoms with Crippen molar-refractivity contribution in [2.24, 2.45) is 5.92 Å². The van der Waals surface area contributed by atoms with E-state index in [4.69, 9.17) is 4.74 Å². The molecule has 2 aliphatic rings. The summed E-state index contributed by atoms with van der Waals surface area (Å²) in [5, 5.41) is 15.8. The SMILES string of the molecule is COc1cccc2[nH]c(C(=O)N3Cc4ccccc4[C@@H]3C(=O)N[C@@H](C[C@@H]3CCCNC3=O)C(=O)CO)cc12. The molecule has 3 aromatic rings. The molecule has 10 nitrogen and oxygen atoms in total. The average molecular weight is 519 g/mol. The Morgan fingerprint density at radius 2 is 2.00 bits per heavy atom. The second-order valence-corrected chi connectivity index (χ2v) is 9.69. The minimum absolute atomic E-state index is 0.0844. The number of nitrogens with one attached hydrogen (secondary N) is 3. The fourth-order valence-corrected chi connectivity index (χ4v) is 5.41. The number of piperidine rings is 1. The second-order valence-electron chi connectivity index (χ2n) is 9.69. The molecule has 0 unspecified atom stereocenters. The molecule has 10 heteroatoms. The first-order chi connectivity index (χ1) is 18.4. The molecule has 0 bridgehead atoms. The van der Waals surface area contributed by atoms with Gasteiger partial charge in [0.2, 0.25) is 11.8 Å². The van der Waals surface area contributed by atoms with E-state index in [1.54, 1.807) is 31.4 Å². The first kappa shape index (κ1) is 25.5. The predicted octanol–water partition coefficient (Wildman–Crippen LogP) is 1.84. The Morgan fingerprint density at radius 3 is 2.76 bits per heavy atom. The summed E-state index contributed by atoms with van der Waals surface area (Å²) < 4.78 is 5.41. The highest BCUT2D eigenvalue weighted by molar-refractivity contribution is 6.02. The molecule has 1 aromatic heterocycles. The van der Waals surface area contributed by atoms with Crippen molar-refractivity contribution in [3.63, 3.8) is 0 Å². The van der Waals surface area contributed by atoms with Crippen LogP contribution < -0.4 is 15.4 Å². The number of ketones is 1. The summed E-state index contributed by atoms with van der Waals surface area (Å²) in [7, 11) is 1.56. The van der Waals surface area contributed by atoms with Gasteiger partial charge in [-0.15, -0.1) is 0 Å². The largest absolute Gasteiger partial charge is 0.496 e. The van der Waals surface area contributed by atoms with Gasteiger partial charge in [-0.25, -0.2) is 0 Å². The summed E-state index contributed by atoms with van der Waals surface area (Å²) in [5.41, 5.74) is 2.52. The Labute approximate surface area is 219 Å². The first-order valence-electron chi connectivity index (χ1n) is 12.7. The lowest BCUT2D eigenvalue weighted by molar-refractivity contribution is -0.133. The van der Waals surface area contributed by atoms with E-state index in [9.17, 15) is 24.3 Å². The molecule has 38 heavy (non-hydrogen) atoms. The van der Waals surface area contributed by atoms with Crippen LogP contribution in [0.4, 0.5) is 0 Å². The Morgan fingerprint density at radius 1 is 1.18 bits per heavy atom. The van der Waals surface area contributed by atoms with Crippen molar-refractivity contribution < 1.29 is 29.0 Å². The number of aromatic nitrogens is 1. The third-order valence-electron chi connectivity index (χ3n) is 7.37. The maximum Gasteiger partial charge on any atom is 0.271 e. The van der Waals surface area contributed by atoms with E-state index in [0.717, 1.165) is 22.9 Å². The molecule has 0 spiro atoms. The molecule has 198 valence electrons. The van der Waals surface area contributed by atoms with Gasteiger partial charge in [0.1, 0.15) is 24.1 Å². The monoisotopic (exact) mass is 518 g/mol. The lowest BCUT2D eigenvalue weighted by Crippen LogP contribution is -2.50. The zero-order chi connectivity index (χ0) is 26.8. The molecular weight excluding hydrogens is 488 g/mol. The van der Waals surface area contributed by atoms with Crippen LogP contribution in [0.3, 0.4) is 0 Å². The highest BCUT2D eigenvalue weighted by atomic mass is 16.5. The molecule has 3 heterocycles. The molecule has 3 amide bonds. The number of aliphatic hydroxyl groups is 1. The van der Waals surface area contributed by atoms with E-state index in [0.29, 0.717) is 30.0 Å². The van der Waals surface area contributed by atoms with Gasteiger partial charge in [0.05, 0.1) is 13.2 Å². The van der Waals surface area contributed by atoms with Crippen LogP contribution in [-0.4, -0.2) is 64.8 Å². The molecule has 2 aromatic carbocycles. The maximum absolute atomic E-state index is 13.7. The number of aliphatic hydroxyl groups excluding tert-OH is 1. The Bertz CT molecular complexity index is 1400. The number of carbonyl (C=O) groups excluding carboxylic acids is 4. The lowest BCUT2D eigenvalue weighted by atomic mass is 9.90. The average Bonchev–Trinajstić information content (AvgIpc) is 3.55. The van der Waals surface area contributed by atoms with Crippen molar-refractivity contribution in [3.05, 3.63) is 65.4 Å². The van der Waals surface area contributed by atoms with Crippen molar-refractivity contribution in [3.8, 4) is 5.75 Å². The minimum atomic E-state index is -1.05. The Kier molecular flexibility index (Phi) is 7.15. The summed E-state index contributed by atoms with van der Waals surface area (Å²) in [6, 6.07) is 12.4. The van der Waals surface area contributed by atoms with E-state index < -0.39 is 36.3 Å². The fourth-order valence-electron chi connectivity index (χ4n) is 5.41. The standard InChI is InChI=1S/C28H30N4O6/c1-38-24-10-4-9-20-19(24)13-22(30-20)28(37)32-14-17-6-2-3-8-18(17)25(32)27(36)31-21(23(34)15-33)12-16-7-5-11-29-26(16)35/h2-4,6,8-10,13,16,21,25,30,33H,5,7,11-12,14-15H2,1H3,(H,29,35)(H,31,36)/t16-,21-,25+/m0/s1. The lowest BCUT2D eigenvalue weighted by Gasteiger charge is -2.29. The van der Waals surface area contributed by atoms with Crippen molar-refractivity contribution in [2.45, 2.75) is 37.9 Å². The van der Waals surface area contributed by atoms with Crippen LogP contribution in [-0.2, 0) is 20.9 Å². The zero-order valence-corrected chi connectivity index (χ0v) is 21.0. The van der Waals surface area contributed by atoms with E-state index in [1.807, 2.05) is 24.3 Å². The number of aromatic amines is 1.